The maximum Gasteiger partial charge on any atom is 0.123 e. The Morgan fingerprint density at radius 2 is 2.20 bits per heavy atom. The first-order chi connectivity index (χ1) is 7.13. The van der Waals surface area contributed by atoms with Crippen molar-refractivity contribution < 1.29 is 14.6 Å². The summed E-state index contributed by atoms with van der Waals surface area (Å²) in [6, 6.07) is 6.24. The average molecular weight is 213 g/mol. The quantitative estimate of drug-likeness (QED) is 0.679. The maximum atomic E-state index is 12.9. The maximum absolute atomic E-state index is 12.9. The van der Waals surface area contributed by atoms with Gasteiger partial charge in [0, 0.05) is 12.6 Å². The molecule has 1 rings (SSSR count). The Labute approximate surface area is 88.6 Å². The molecule has 1 aromatic rings. The van der Waals surface area contributed by atoms with Gasteiger partial charge in [-0.15, -0.1) is 0 Å². The molecule has 0 radical (unpaired) electrons. The van der Waals surface area contributed by atoms with Gasteiger partial charge in [0.25, 0.3) is 0 Å². The van der Waals surface area contributed by atoms with E-state index in [2.05, 4.69) is 5.32 Å². The minimum absolute atomic E-state index is 0.0538. The topological polar surface area (TPSA) is 52.5 Å². The number of rotatable bonds is 5. The summed E-state index contributed by atoms with van der Waals surface area (Å²) in [5.41, 5.74) is 0.820. The van der Waals surface area contributed by atoms with E-state index in [-0.39, 0.29) is 25.0 Å². The fourth-order valence-corrected chi connectivity index (χ4v) is 1.27. The highest BCUT2D eigenvalue weighted by Crippen LogP contribution is 2.12. The van der Waals surface area contributed by atoms with Crippen molar-refractivity contribution in [3.63, 3.8) is 0 Å². The Kier molecular flexibility index (Phi) is 4.68. The number of nitrogens with one attached hydrogen (secondary N) is 1. The molecule has 15 heavy (non-hydrogen) atoms. The van der Waals surface area contributed by atoms with Gasteiger partial charge in [-0.3, -0.25) is 0 Å². The van der Waals surface area contributed by atoms with Crippen LogP contribution in [-0.2, 0) is 0 Å². The van der Waals surface area contributed by atoms with Gasteiger partial charge < -0.3 is 15.5 Å². The molecule has 3 N–H and O–H groups in total. The molecule has 0 amide bonds. The first kappa shape index (κ1) is 12.1. The molecule has 1 aromatic carbocycles. The first-order valence-corrected chi connectivity index (χ1v) is 4.91. The van der Waals surface area contributed by atoms with E-state index < -0.39 is 6.10 Å². The van der Waals surface area contributed by atoms with Crippen molar-refractivity contribution in [2.45, 2.75) is 19.1 Å². The van der Waals surface area contributed by atoms with Gasteiger partial charge in [0.15, 0.2) is 0 Å². The fraction of sp³-hybridized carbons (Fsp3) is 0.455. The van der Waals surface area contributed by atoms with Crippen LogP contribution in [0, 0.1) is 5.82 Å². The molecule has 0 aliphatic carbocycles. The van der Waals surface area contributed by atoms with Gasteiger partial charge >= 0.3 is 0 Å². The van der Waals surface area contributed by atoms with E-state index in [4.69, 9.17) is 10.2 Å². The van der Waals surface area contributed by atoms with Gasteiger partial charge in [-0.2, -0.15) is 0 Å². The molecule has 2 atom stereocenters. The molecule has 0 unspecified atom stereocenters. The van der Waals surface area contributed by atoms with E-state index in [1.807, 2.05) is 13.0 Å². The molecule has 0 aliphatic heterocycles. The van der Waals surface area contributed by atoms with Crippen LogP contribution in [0.5, 0.6) is 0 Å². The highest BCUT2D eigenvalue weighted by molar-refractivity contribution is 5.19. The normalized spacial score (nSPS) is 14.9. The highest BCUT2D eigenvalue weighted by atomic mass is 19.1. The first-order valence-electron chi connectivity index (χ1n) is 4.91. The molecule has 0 bridgehead atoms. The molecule has 0 aliphatic rings. The lowest BCUT2D eigenvalue weighted by Gasteiger charge is -2.16. The molecule has 4 heteroatoms. The zero-order chi connectivity index (χ0) is 11.3. The predicted molar refractivity (Wildman–Crippen MR) is 55.9 cm³/mol. The van der Waals surface area contributed by atoms with E-state index in [9.17, 15) is 4.39 Å². The number of benzene rings is 1. The molecular formula is C11H16FNO2. The third-order valence-electron chi connectivity index (χ3n) is 2.22. The molecule has 3 nitrogen and oxygen atoms in total. The molecule has 0 aromatic heterocycles. The monoisotopic (exact) mass is 213 g/mol. The molecule has 0 spiro atoms. The van der Waals surface area contributed by atoms with E-state index in [1.165, 1.54) is 12.1 Å². The van der Waals surface area contributed by atoms with Gasteiger partial charge in [0.1, 0.15) is 5.82 Å². The van der Waals surface area contributed by atoms with E-state index in [1.54, 1.807) is 6.07 Å². The zero-order valence-corrected chi connectivity index (χ0v) is 8.65. The second-order valence-corrected chi connectivity index (χ2v) is 3.52. The van der Waals surface area contributed by atoms with E-state index in [0.717, 1.165) is 5.56 Å². The summed E-state index contributed by atoms with van der Waals surface area (Å²) in [7, 11) is 0. The minimum atomic E-state index is -0.777. The Bertz CT molecular complexity index is 306. The fourth-order valence-electron chi connectivity index (χ4n) is 1.27. The summed E-state index contributed by atoms with van der Waals surface area (Å²) >= 11 is 0. The van der Waals surface area contributed by atoms with Crippen LogP contribution >= 0.6 is 0 Å². The largest absolute Gasteiger partial charge is 0.394 e. The lowest BCUT2D eigenvalue weighted by Crippen LogP contribution is -2.31. The third-order valence-corrected chi connectivity index (χ3v) is 2.22. The van der Waals surface area contributed by atoms with Gasteiger partial charge in [0.2, 0.25) is 0 Å². The van der Waals surface area contributed by atoms with Crippen molar-refractivity contribution in [2.24, 2.45) is 0 Å². The van der Waals surface area contributed by atoms with Crippen LogP contribution in [0.2, 0.25) is 0 Å². The summed E-state index contributed by atoms with van der Waals surface area (Å²) in [6.45, 7) is 1.88. The standard InChI is InChI=1S/C11H16FNO2/c1-8(13-6-11(15)7-14)9-3-2-4-10(12)5-9/h2-5,8,11,13-15H,6-7H2,1H3/t8-,11+/m1/s1. The second-order valence-electron chi connectivity index (χ2n) is 3.52. The SMILES string of the molecule is C[C@@H](NC[C@H](O)CO)c1cccc(F)c1. The van der Waals surface area contributed by atoms with Crippen molar-refractivity contribution in [2.75, 3.05) is 13.2 Å². The van der Waals surface area contributed by atoms with E-state index in [0.29, 0.717) is 0 Å². The summed E-state index contributed by atoms with van der Waals surface area (Å²) in [6.07, 6.45) is -0.777. The highest BCUT2D eigenvalue weighted by Gasteiger charge is 2.08. The molecule has 84 valence electrons. The van der Waals surface area contributed by atoms with Crippen LogP contribution in [0.25, 0.3) is 0 Å². The molecule has 0 heterocycles. The number of halogens is 1. The van der Waals surface area contributed by atoms with Crippen molar-refractivity contribution in [1.82, 2.24) is 5.32 Å². The number of aliphatic hydroxyl groups is 2. The smallest absolute Gasteiger partial charge is 0.123 e. The lowest BCUT2D eigenvalue weighted by molar-refractivity contribution is 0.0924. The van der Waals surface area contributed by atoms with Crippen LogP contribution in [-0.4, -0.2) is 29.5 Å². The van der Waals surface area contributed by atoms with Crippen LogP contribution < -0.4 is 5.32 Å². The third kappa shape index (κ3) is 3.95. The van der Waals surface area contributed by atoms with Gasteiger partial charge in [-0.05, 0) is 24.6 Å². The molecule has 0 saturated heterocycles. The van der Waals surface area contributed by atoms with Crippen LogP contribution in [0.4, 0.5) is 4.39 Å². The lowest BCUT2D eigenvalue weighted by atomic mass is 10.1. The second kappa shape index (κ2) is 5.80. The van der Waals surface area contributed by atoms with Crippen molar-refractivity contribution in [3.8, 4) is 0 Å². The van der Waals surface area contributed by atoms with Crippen molar-refractivity contribution in [1.29, 1.82) is 0 Å². The molecule has 0 saturated carbocycles. The Balaban J connectivity index is 2.50. The average Bonchev–Trinajstić information content (AvgIpc) is 2.25. The van der Waals surface area contributed by atoms with E-state index >= 15 is 0 Å². The van der Waals surface area contributed by atoms with Crippen LogP contribution in [0.1, 0.15) is 18.5 Å². The Hall–Kier alpha value is -0.970. The van der Waals surface area contributed by atoms with Gasteiger partial charge in [0.05, 0.1) is 12.7 Å². The van der Waals surface area contributed by atoms with Crippen molar-refractivity contribution >= 4 is 0 Å². The minimum Gasteiger partial charge on any atom is -0.394 e. The number of hydrogen-bond donors (Lipinski definition) is 3. The van der Waals surface area contributed by atoms with Crippen LogP contribution in [0.15, 0.2) is 24.3 Å². The predicted octanol–water partition coefficient (Wildman–Crippen LogP) is 0.829. The number of hydrogen-bond acceptors (Lipinski definition) is 3. The zero-order valence-electron chi connectivity index (χ0n) is 8.65. The molecular weight excluding hydrogens is 197 g/mol. The van der Waals surface area contributed by atoms with Crippen molar-refractivity contribution in [3.05, 3.63) is 35.6 Å². The summed E-state index contributed by atoms with van der Waals surface area (Å²) in [4.78, 5) is 0. The Morgan fingerprint density at radius 3 is 2.80 bits per heavy atom. The van der Waals surface area contributed by atoms with Crippen LogP contribution in [0.3, 0.4) is 0 Å². The number of aliphatic hydroxyl groups excluding tert-OH is 2. The summed E-state index contributed by atoms with van der Waals surface area (Å²) < 4.78 is 12.9. The summed E-state index contributed by atoms with van der Waals surface area (Å²) in [5, 5.41) is 20.7. The van der Waals surface area contributed by atoms with Gasteiger partial charge in [-0.25, -0.2) is 4.39 Å². The molecule has 0 fully saturated rings. The van der Waals surface area contributed by atoms with Gasteiger partial charge in [-0.1, -0.05) is 12.1 Å². The summed E-state index contributed by atoms with van der Waals surface area (Å²) in [5.74, 6) is -0.274. The Morgan fingerprint density at radius 1 is 1.47 bits per heavy atom.